The lowest BCUT2D eigenvalue weighted by molar-refractivity contribution is -0.139. The molecule has 0 spiro atoms. The highest BCUT2D eigenvalue weighted by Crippen LogP contribution is 2.44. The van der Waals surface area contributed by atoms with Gasteiger partial charge in [0.25, 0.3) is 0 Å². The summed E-state index contributed by atoms with van der Waals surface area (Å²) in [4.78, 5) is 63.5. The van der Waals surface area contributed by atoms with Crippen molar-refractivity contribution in [1.82, 2.24) is 21.3 Å². The molecule has 0 heterocycles. The van der Waals surface area contributed by atoms with Gasteiger partial charge in [-0.1, -0.05) is 74.9 Å². The lowest BCUT2D eigenvalue weighted by Crippen LogP contribution is -2.57. The van der Waals surface area contributed by atoms with Crippen LogP contribution in [-0.2, 0) is 28.7 Å². The number of esters is 1. The molecule has 0 radical (unpaired) electrons. The van der Waals surface area contributed by atoms with E-state index in [1.807, 2.05) is 55.5 Å². The second-order valence-corrected chi connectivity index (χ2v) is 11.6. The van der Waals surface area contributed by atoms with Gasteiger partial charge in [-0.2, -0.15) is 0 Å². The van der Waals surface area contributed by atoms with Crippen LogP contribution in [0.2, 0.25) is 0 Å². The number of carbonyl (C=O) groups excluding carboxylic acids is 4. The van der Waals surface area contributed by atoms with E-state index in [0.717, 1.165) is 28.3 Å². The first kappa shape index (κ1) is 37.7. The van der Waals surface area contributed by atoms with Crippen LogP contribution in [-0.4, -0.2) is 79.5 Å². The topological polar surface area (TPSA) is 198 Å². The summed E-state index contributed by atoms with van der Waals surface area (Å²) in [6.07, 6.45) is 2.23. The number of hydrogen-bond donors (Lipinski definition) is 6. The van der Waals surface area contributed by atoms with Crippen molar-refractivity contribution >= 4 is 29.8 Å². The molecule has 4 atom stereocenters. The van der Waals surface area contributed by atoms with Gasteiger partial charge in [-0.15, -0.1) is 0 Å². The molecule has 1 aliphatic rings. The minimum Gasteiger partial charge on any atom is -0.481 e. The summed E-state index contributed by atoms with van der Waals surface area (Å²) >= 11 is 0. The van der Waals surface area contributed by atoms with Gasteiger partial charge in [0.2, 0.25) is 11.8 Å². The number of nitrogens with two attached hydrogens (primary N) is 1. The molecule has 3 amide bonds. The van der Waals surface area contributed by atoms with Crippen molar-refractivity contribution in [3.8, 4) is 11.1 Å². The number of hydrogen-bond acceptors (Lipinski definition) is 9. The van der Waals surface area contributed by atoms with E-state index in [0.29, 0.717) is 19.4 Å². The molecule has 3 rings (SSSR count). The maximum atomic E-state index is 13.6. The van der Waals surface area contributed by atoms with Crippen LogP contribution >= 0.6 is 0 Å². The van der Waals surface area contributed by atoms with Crippen LogP contribution in [0.5, 0.6) is 0 Å². The molecular weight excluding hydrogens is 618 g/mol. The van der Waals surface area contributed by atoms with Crippen molar-refractivity contribution < 1.29 is 38.6 Å². The highest BCUT2D eigenvalue weighted by atomic mass is 16.5. The Balaban J connectivity index is 1.72. The SMILES string of the molecule is CCOC(=O)/C=C/C(CC(=O)O)NC(=O)[C@@H](NC(=O)[C@H](CCCNCN)NC(=O)OCC1c2ccccc2-c2ccccc21)C(C)CC. The van der Waals surface area contributed by atoms with Crippen molar-refractivity contribution in [2.75, 3.05) is 26.4 Å². The Labute approximate surface area is 281 Å². The van der Waals surface area contributed by atoms with E-state index in [2.05, 4.69) is 21.3 Å². The smallest absolute Gasteiger partial charge is 0.407 e. The fourth-order valence-corrected chi connectivity index (χ4v) is 5.55. The molecule has 0 fully saturated rings. The van der Waals surface area contributed by atoms with Gasteiger partial charge in [0, 0.05) is 18.7 Å². The van der Waals surface area contributed by atoms with Gasteiger partial charge in [-0.25, -0.2) is 9.59 Å². The molecule has 0 aliphatic heterocycles. The first-order valence-corrected chi connectivity index (χ1v) is 16.3. The second kappa shape index (κ2) is 19.2. The monoisotopic (exact) mass is 665 g/mol. The molecule has 48 heavy (non-hydrogen) atoms. The number of alkyl carbamates (subject to hydrolysis) is 1. The predicted molar refractivity (Wildman–Crippen MR) is 180 cm³/mol. The first-order chi connectivity index (χ1) is 23.1. The number of fused-ring (bicyclic) bond motifs is 3. The van der Waals surface area contributed by atoms with Crippen LogP contribution in [0.1, 0.15) is 63.5 Å². The highest BCUT2D eigenvalue weighted by molar-refractivity contribution is 5.92. The summed E-state index contributed by atoms with van der Waals surface area (Å²) in [5.41, 5.74) is 9.81. The summed E-state index contributed by atoms with van der Waals surface area (Å²) < 4.78 is 10.5. The maximum absolute atomic E-state index is 13.6. The number of aliphatic carboxylic acids is 1. The Morgan fingerprint density at radius 1 is 0.917 bits per heavy atom. The summed E-state index contributed by atoms with van der Waals surface area (Å²) in [5.74, 6) is -3.64. The number of ether oxygens (including phenoxy) is 2. The number of benzene rings is 2. The maximum Gasteiger partial charge on any atom is 0.407 e. The molecule has 2 aromatic carbocycles. The Kier molecular flexibility index (Phi) is 15.1. The normalized spacial score (nSPS) is 14.6. The Morgan fingerprint density at radius 3 is 2.15 bits per heavy atom. The third-order valence-electron chi connectivity index (χ3n) is 8.21. The summed E-state index contributed by atoms with van der Waals surface area (Å²) in [6, 6.07) is 12.8. The van der Waals surface area contributed by atoms with Crippen LogP contribution in [0.3, 0.4) is 0 Å². The number of carboxylic acids is 1. The molecule has 0 aromatic heterocycles. The number of amides is 3. The molecule has 2 aromatic rings. The van der Waals surface area contributed by atoms with E-state index in [1.165, 1.54) is 6.08 Å². The van der Waals surface area contributed by atoms with Crippen molar-refractivity contribution in [2.24, 2.45) is 11.7 Å². The third kappa shape index (κ3) is 10.9. The fraction of sp³-hybridized carbons (Fsp3) is 0.457. The minimum absolute atomic E-state index is 0.0606. The van der Waals surface area contributed by atoms with Crippen LogP contribution < -0.4 is 27.0 Å². The number of carbonyl (C=O) groups is 5. The van der Waals surface area contributed by atoms with Gasteiger partial charge in [0.1, 0.15) is 18.7 Å². The quantitative estimate of drug-likeness (QED) is 0.0562. The molecule has 0 bridgehead atoms. The Hall–Kier alpha value is -4.75. The number of nitrogens with one attached hydrogen (secondary N) is 4. The molecular formula is C35H47N5O8. The lowest BCUT2D eigenvalue weighted by atomic mass is 9.97. The third-order valence-corrected chi connectivity index (χ3v) is 8.21. The molecule has 2 unspecified atom stereocenters. The van der Waals surface area contributed by atoms with Gasteiger partial charge in [-0.05, 0) is 54.5 Å². The van der Waals surface area contributed by atoms with Crippen molar-refractivity contribution in [3.05, 3.63) is 71.8 Å². The molecule has 13 heteroatoms. The van der Waals surface area contributed by atoms with E-state index in [4.69, 9.17) is 15.2 Å². The standard InChI is InChI=1S/C35H47N5O8/c1-4-22(3)32(34(45)38-23(19-30(41)42)16-17-31(43)47-5-2)40-33(44)29(15-10-18-37-21-36)39-35(46)48-20-28-26-13-8-6-11-24(26)25-12-7-9-14-27(25)28/h6-9,11-14,16-17,22-23,28-29,32,37H,4-5,10,15,18-21,36H2,1-3H3,(H,38,45)(H,39,46)(H,40,44)(H,41,42)/b17-16+/t22?,23?,29-,32-/m0/s1. The van der Waals surface area contributed by atoms with Gasteiger partial charge in [-0.3, -0.25) is 14.4 Å². The highest BCUT2D eigenvalue weighted by Gasteiger charge is 2.32. The van der Waals surface area contributed by atoms with Gasteiger partial charge in [0.15, 0.2) is 0 Å². The number of rotatable bonds is 19. The van der Waals surface area contributed by atoms with Gasteiger partial charge in [0.05, 0.1) is 19.1 Å². The van der Waals surface area contributed by atoms with Crippen LogP contribution in [0.4, 0.5) is 4.79 Å². The van der Waals surface area contributed by atoms with E-state index in [-0.39, 0.29) is 38.1 Å². The van der Waals surface area contributed by atoms with Crippen molar-refractivity contribution in [3.63, 3.8) is 0 Å². The van der Waals surface area contributed by atoms with Gasteiger partial charge < -0.3 is 41.6 Å². The minimum atomic E-state index is -1.20. The molecule has 0 saturated heterocycles. The van der Waals surface area contributed by atoms with Crippen LogP contribution in [0.25, 0.3) is 11.1 Å². The average Bonchev–Trinajstić information content (AvgIpc) is 3.39. The van der Waals surface area contributed by atoms with Gasteiger partial charge >= 0.3 is 18.0 Å². The zero-order valence-electron chi connectivity index (χ0n) is 27.7. The largest absolute Gasteiger partial charge is 0.481 e. The molecule has 13 nitrogen and oxygen atoms in total. The molecule has 0 saturated carbocycles. The van der Waals surface area contributed by atoms with E-state index < -0.39 is 54.4 Å². The molecule has 1 aliphatic carbocycles. The molecule has 260 valence electrons. The van der Waals surface area contributed by atoms with Crippen LogP contribution in [0.15, 0.2) is 60.7 Å². The Bertz CT molecular complexity index is 1400. The summed E-state index contributed by atoms with van der Waals surface area (Å²) in [6.45, 7) is 6.17. The second-order valence-electron chi connectivity index (χ2n) is 11.6. The lowest BCUT2D eigenvalue weighted by Gasteiger charge is -2.28. The van der Waals surface area contributed by atoms with Crippen LogP contribution in [0, 0.1) is 5.92 Å². The fourth-order valence-electron chi connectivity index (χ4n) is 5.55. The number of carboxylic acid groups (broad SMARTS) is 1. The first-order valence-electron chi connectivity index (χ1n) is 16.3. The Morgan fingerprint density at radius 2 is 1.56 bits per heavy atom. The summed E-state index contributed by atoms with van der Waals surface area (Å²) in [5, 5.41) is 20.4. The van der Waals surface area contributed by atoms with Crippen molar-refractivity contribution in [1.29, 1.82) is 0 Å². The van der Waals surface area contributed by atoms with E-state index in [9.17, 15) is 29.1 Å². The van der Waals surface area contributed by atoms with E-state index in [1.54, 1.807) is 13.8 Å². The zero-order valence-corrected chi connectivity index (χ0v) is 27.7. The van der Waals surface area contributed by atoms with E-state index >= 15 is 0 Å². The summed E-state index contributed by atoms with van der Waals surface area (Å²) in [7, 11) is 0. The predicted octanol–water partition coefficient (Wildman–Crippen LogP) is 2.79. The van der Waals surface area contributed by atoms with Crippen molar-refractivity contribution in [2.45, 2.75) is 70.5 Å². The zero-order chi connectivity index (χ0) is 35.1. The molecule has 7 N–H and O–H groups in total. The average molecular weight is 666 g/mol.